The van der Waals surface area contributed by atoms with Crippen molar-refractivity contribution in [2.24, 2.45) is 0 Å². The molecule has 0 aromatic heterocycles. The minimum absolute atomic E-state index is 0.0166. The number of halogens is 5. The van der Waals surface area contributed by atoms with Gasteiger partial charge in [0.2, 0.25) is 5.91 Å². The van der Waals surface area contributed by atoms with Crippen LogP contribution in [0.2, 0.25) is 0 Å². The molecule has 0 radical (unpaired) electrons. The molecule has 4 rings (SSSR count). The monoisotopic (exact) mass is 631 g/mol. The Labute approximate surface area is 260 Å². The van der Waals surface area contributed by atoms with Crippen LogP contribution in [0.3, 0.4) is 0 Å². The van der Waals surface area contributed by atoms with Gasteiger partial charge in [-0.2, -0.15) is 13.2 Å². The molecule has 10 heteroatoms. The minimum Gasteiger partial charge on any atom is -0.491 e. The summed E-state index contributed by atoms with van der Waals surface area (Å²) in [6, 6.07) is 15.5. The van der Waals surface area contributed by atoms with Crippen molar-refractivity contribution < 1.29 is 41.0 Å². The Morgan fingerprint density at radius 2 is 1.58 bits per heavy atom. The van der Waals surface area contributed by atoms with Crippen LogP contribution in [-0.2, 0) is 32.3 Å². The summed E-state index contributed by atoms with van der Waals surface area (Å²) in [5.41, 5.74) is -1.39. The summed E-state index contributed by atoms with van der Waals surface area (Å²) in [6.45, 7) is 0.0744. The fraction of sp³-hybridized carbons (Fsp3) is 0.429. The van der Waals surface area contributed by atoms with Crippen molar-refractivity contribution in [2.45, 2.75) is 81.8 Å². The Morgan fingerprint density at radius 1 is 0.867 bits per heavy atom. The molecule has 0 heterocycles. The normalized spacial score (nSPS) is 15.0. The molecule has 0 saturated heterocycles. The number of benzene rings is 3. The van der Waals surface area contributed by atoms with Crippen LogP contribution in [0.1, 0.15) is 80.0 Å². The highest BCUT2D eigenvalue weighted by Crippen LogP contribution is 2.44. The van der Waals surface area contributed by atoms with Crippen LogP contribution < -0.4 is 10.1 Å². The number of ether oxygens (including phenoxy) is 2. The van der Waals surface area contributed by atoms with Gasteiger partial charge in [-0.05, 0) is 85.5 Å². The van der Waals surface area contributed by atoms with E-state index in [2.05, 4.69) is 10.1 Å². The summed E-state index contributed by atoms with van der Waals surface area (Å²) in [7, 11) is 1.29. The van der Waals surface area contributed by atoms with Crippen molar-refractivity contribution in [1.82, 2.24) is 5.32 Å². The molecule has 1 aliphatic carbocycles. The standard InChI is InChI=1S/C35H38F5NO4/c1-44-33(43)13-7-8-18-45-31-22-25(14-15-30(31)37)34(23-24-9-3-2-4-10-24,17-16-32(42)41-29-11-5-6-12-29)26-19-27(35(38,39)40)21-28(36)20-26/h2-4,9-10,14-15,19-22,29H,5-8,11-13,16-18,23H2,1H3,(H,41,42)/t34-/m0/s1. The summed E-state index contributed by atoms with van der Waals surface area (Å²) in [5.74, 6) is -2.52. The number of carbonyl (C=O) groups excluding carboxylic acids is 2. The Hall–Kier alpha value is -3.95. The number of esters is 1. The van der Waals surface area contributed by atoms with Gasteiger partial charge in [-0.15, -0.1) is 0 Å². The average molecular weight is 632 g/mol. The predicted molar refractivity (Wildman–Crippen MR) is 160 cm³/mol. The zero-order valence-electron chi connectivity index (χ0n) is 25.2. The molecule has 0 bridgehead atoms. The summed E-state index contributed by atoms with van der Waals surface area (Å²) in [6.07, 6.45) is 0.0306. The maximum Gasteiger partial charge on any atom is 0.416 e. The van der Waals surface area contributed by atoms with E-state index in [1.54, 1.807) is 30.3 Å². The molecule has 1 saturated carbocycles. The van der Waals surface area contributed by atoms with Gasteiger partial charge in [0.1, 0.15) is 5.82 Å². The fourth-order valence-corrected chi connectivity index (χ4v) is 5.99. The lowest BCUT2D eigenvalue weighted by atomic mass is 9.67. The molecule has 1 fully saturated rings. The molecule has 0 aliphatic heterocycles. The topological polar surface area (TPSA) is 64.6 Å². The van der Waals surface area contributed by atoms with Crippen molar-refractivity contribution in [3.05, 3.63) is 101 Å². The molecule has 1 aliphatic rings. The minimum atomic E-state index is -4.82. The number of unbranched alkanes of at least 4 members (excludes halogenated alkanes) is 1. The Bertz CT molecular complexity index is 1440. The van der Waals surface area contributed by atoms with E-state index in [4.69, 9.17) is 4.74 Å². The van der Waals surface area contributed by atoms with Gasteiger partial charge in [-0.25, -0.2) is 8.78 Å². The lowest BCUT2D eigenvalue weighted by Crippen LogP contribution is -2.36. The summed E-state index contributed by atoms with van der Waals surface area (Å²) >= 11 is 0. The molecule has 1 amide bonds. The van der Waals surface area contributed by atoms with Crippen LogP contribution in [0, 0.1) is 11.6 Å². The van der Waals surface area contributed by atoms with Crippen LogP contribution in [0.4, 0.5) is 22.0 Å². The second-order valence-electron chi connectivity index (χ2n) is 11.5. The molecule has 0 spiro atoms. The Morgan fingerprint density at radius 3 is 2.27 bits per heavy atom. The number of rotatable bonds is 14. The largest absolute Gasteiger partial charge is 0.491 e. The predicted octanol–water partition coefficient (Wildman–Crippen LogP) is 8.07. The fourth-order valence-electron chi connectivity index (χ4n) is 5.99. The molecule has 1 atom stereocenters. The molecule has 3 aromatic carbocycles. The zero-order valence-corrected chi connectivity index (χ0v) is 25.2. The number of alkyl halides is 3. The van der Waals surface area contributed by atoms with E-state index in [9.17, 15) is 27.2 Å². The maximum atomic E-state index is 15.0. The molecule has 1 N–H and O–H groups in total. The van der Waals surface area contributed by atoms with Crippen molar-refractivity contribution in [1.29, 1.82) is 0 Å². The van der Waals surface area contributed by atoms with Gasteiger partial charge in [0.25, 0.3) is 0 Å². The van der Waals surface area contributed by atoms with E-state index in [1.807, 2.05) is 0 Å². The number of carbonyl (C=O) groups is 2. The highest BCUT2D eigenvalue weighted by Gasteiger charge is 2.39. The average Bonchev–Trinajstić information content (AvgIpc) is 3.52. The summed E-state index contributed by atoms with van der Waals surface area (Å²) in [5, 5.41) is 3.03. The molecular formula is C35H38F5NO4. The van der Waals surface area contributed by atoms with Crippen LogP contribution in [0.25, 0.3) is 0 Å². The van der Waals surface area contributed by atoms with Gasteiger partial charge in [0.15, 0.2) is 11.6 Å². The van der Waals surface area contributed by atoms with Gasteiger partial charge in [-0.1, -0.05) is 49.2 Å². The quantitative estimate of drug-likeness (QED) is 0.111. The molecule has 5 nitrogen and oxygen atoms in total. The first kappa shape index (κ1) is 33.9. The Kier molecular flexibility index (Phi) is 11.6. The highest BCUT2D eigenvalue weighted by molar-refractivity contribution is 5.76. The number of amides is 1. The van der Waals surface area contributed by atoms with Crippen LogP contribution in [0.5, 0.6) is 5.75 Å². The molecule has 242 valence electrons. The zero-order chi connectivity index (χ0) is 32.5. The third-order valence-corrected chi connectivity index (χ3v) is 8.37. The van der Waals surface area contributed by atoms with E-state index in [0.717, 1.165) is 43.4 Å². The van der Waals surface area contributed by atoms with Gasteiger partial charge in [0.05, 0.1) is 19.3 Å². The first-order valence-electron chi connectivity index (χ1n) is 15.2. The van der Waals surface area contributed by atoms with Crippen molar-refractivity contribution in [2.75, 3.05) is 13.7 Å². The van der Waals surface area contributed by atoms with E-state index in [0.29, 0.717) is 24.5 Å². The van der Waals surface area contributed by atoms with E-state index in [-0.39, 0.29) is 61.5 Å². The number of hydrogen-bond donors (Lipinski definition) is 1. The molecule has 3 aromatic rings. The van der Waals surface area contributed by atoms with E-state index >= 15 is 4.39 Å². The van der Waals surface area contributed by atoms with Gasteiger partial charge >= 0.3 is 12.1 Å². The van der Waals surface area contributed by atoms with Gasteiger partial charge < -0.3 is 14.8 Å². The van der Waals surface area contributed by atoms with Crippen LogP contribution in [0.15, 0.2) is 66.7 Å². The third-order valence-electron chi connectivity index (χ3n) is 8.37. The SMILES string of the molecule is COC(=O)CCCCOc1cc([C@](CCC(=O)NC2CCCC2)(Cc2ccccc2)c2cc(F)cc(C(F)(F)F)c2)ccc1F. The van der Waals surface area contributed by atoms with Crippen molar-refractivity contribution in [3.8, 4) is 5.75 Å². The second-order valence-corrected chi connectivity index (χ2v) is 11.5. The number of methoxy groups -OCH3 is 1. The van der Waals surface area contributed by atoms with Crippen molar-refractivity contribution in [3.63, 3.8) is 0 Å². The van der Waals surface area contributed by atoms with Crippen LogP contribution >= 0.6 is 0 Å². The first-order valence-corrected chi connectivity index (χ1v) is 15.2. The third kappa shape index (κ3) is 9.28. The summed E-state index contributed by atoms with van der Waals surface area (Å²) in [4.78, 5) is 24.6. The highest BCUT2D eigenvalue weighted by atomic mass is 19.4. The Balaban J connectivity index is 1.77. The van der Waals surface area contributed by atoms with Gasteiger partial charge in [0, 0.05) is 24.3 Å². The van der Waals surface area contributed by atoms with Crippen LogP contribution in [-0.4, -0.2) is 31.6 Å². The first-order chi connectivity index (χ1) is 21.5. The number of nitrogens with one attached hydrogen (secondary N) is 1. The van der Waals surface area contributed by atoms with Gasteiger partial charge in [-0.3, -0.25) is 9.59 Å². The van der Waals surface area contributed by atoms with E-state index in [1.165, 1.54) is 25.3 Å². The number of hydrogen-bond acceptors (Lipinski definition) is 4. The summed E-state index contributed by atoms with van der Waals surface area (Å²) < 4.78 is 82.3. The van der Waals surface area contributed by atoms with E-state index < -0.39 is 28.8 Å². The second kappa shape index (κ2) is 15.4. The maximum absolute atomic E-state index is 15.0. The molecular weight excluding hydrogens is 593 g/mol. The molecule has 0 unspecified atom stereocenters. The van der Waals surface area contributed by atoms with Crippen molar-refractivity contribution >= 4 is 11.9 Å². The lowest BCUT2D eigenvalue weighted by Gasteiger charge is -2.36. The smallest absolute Gasteiger partial charge is 0.416 e. The lowest BCUT2D eigenvalue weighted by molar-refractivity contribution is -0.141. The molecule has 45 heavy (non-hydrogen) atoms.